The first kappa shape index (κ1) is 14.5. The summed E-state index contributed by atoms with van der Waals surface area (Å²) in [6.07, 6.45) is 0. The van der Waals surface area contributed by atoms with Gasteiger partial charge in [0.2, 0.25) is 11.6 Å². The van der Waals surface area contributed by atoms with Gasteiger partial charge in [-0.05, 0) is 27.9 Å². The van der Waals surface area contributed by atoms with Crippen molar-refractivity contribution < 1.29 is 9.59 Å². The van der Waals surface area contributed by atoms with Crippen molar-refractivity contribution >= 4 is 17.3 Å². The van der Waals surface area contributed by atoms with Gasteiger partial charge in [-0.1, -0.05) is 24.3 Å². The second-order valence-electron chi connectivity index (χ2n) is 5.59. The summed E-state index contributed by atoms with van der Waals surface area (Å²) in [6, 6.07) is 7.46. The fourth-order valence-corrected chi connectivity index (χ4v) is 2.36. The number of nitrogens with one attached hydrogen (secondary N) is 1. The summed E-state index contributed by atoms with van der Waals surface area (Å²) in [7, 11) is 3.77. The molecule has 0 saturated heterocycles. The van der Waals surface area contributed by atoms with Crippen LogP contribution in [0.4, 0.5) is 0 Å². The third-order valence-electron chi connectivity index (χ3n) is 3.13. The van der Waals surface area contributed by atoms with Gasteiger partial charge in [-0.3, -0.25) is 9.59 Å². The zero-order chi connectivity index (χ0) is 14.9. The lowest BCUT2D eigenvalue weighted by atomic mass is 9.86. The van der Waals surface area contributed by atoms with Crippen LogP contribution in [0.2, 0.25) is 0 Å². The number of carbonyl (C=O) groups is 2. The first-order valence-electron chi connectivity index (χ1n) is 6.74. The maximum atomic E-state index is 12.3. The lowest BCUT2D eigenvalue weighted by molar-refractivity contribution is -0.112. The molecule has 4 nitrogen and oxygen atoms in total. The minimum Gasteiger partial charge on any atom is -0.382 e. The van der Waals surface area contributed by atoms with Crippen LogP contribution in [0.15, 0.2) is 29.8 Å². The van der Waals surface area contributed by atoms with Crippen LogP contribution in [0, 0.1) is 0 Å². The Morgan fingerprint density at radius 3 is 2.20 bits per heavy atom. The van der Waals surface area contributed by atoms with Gasteiger partial charge in [-0.25, -0.2) is 0 Å². The van der Waals surface area contributed by atoms with Crippen molar-refractivity contribution in [3.05, 3.63) is 41.0 Å². The van der Waals surface area contributed by atoms with Crippen LogP contribution in [0.3, 0.4) is 0 Å². The molecule has 1 aromatic rings. The van der Waals surface area contributed by atoms with Crippen molar-refractivity contribution in [3.63, 3.8) is 0 Å². The summed E-state index contributed by atoms with van der Waals surface area (Å²) in [5, 5.41) is 3.32. The van der Waals surface area contributed by atoms with Gasteiger partial charge in [0.1, 0.15) is 0 Å². The molecule has 1 aliphatic carbocycles. The van der Waals surface area contributed by atoms with E-state index in [1.807, 2.05) is 45.0 Å². The maximum absolute atomic E-state index is 12.3. The first-order chi connectivity index (χ1) is 9.41. The van der Waals surface area contributed by atoms with Gasteiger partial charge >= 0.3 is 0 Å². The Morgan fingerprint density at radius 1 is 1.05 bits per heavy atom. The highest BCUT2D eigenvalue weighted by atomic mass is 16.2. The van der Waals surface area contributed by atoms with E-state index in [4.69, 9.17) is 0 Å². The fraction of sp³-hybridized carbons (Fsp3) is 0.375. The van der Waals surface area contributed by atoms with E-state index < -0.39 is 11.6 Å². The van der Waals surface area contributed by atoms with E-state index in [0.717, 1.165) is 11.3 Å². The van der Waals surface area contributed by atoms with Gasteiger partial charge in [-0.2, -0.15) is 0 Å². The minimum absolute atomic E-state index is 0.191. The predicted octanol–water partition coefficient (Wildman–Crippen LogP) is 1.72. The number of benzene rings is 1. The maximum Gasteiger partial charge on any atom is 0.233 e. The van der Waals surface area contributed by atoms with Crippen molar-refractivity contribution in [2.45, 2.75) is 19.9 Å². The average Bonchev–Trinajstić information content (AvgIpc) is 2.39. The number of hydrogen-bond acceptors (Lipinski definition) is 4. The Morgan fingerprint density at radius 2 is 1.65 bits per heavy atom. The molecule has 0 atom stereocenters. The molecule has 0 amide bonds. The van der Waals surface area contributed by atoms with E-state index in [1.54, 1.807) is 12.1 Å². The highest BCUT2D eigenvalue weighted by Crippen LogP contribution is 2.28. The number of hydrogen-bond donors (Lipinski definition) is 1. The second-order valence-corrected chi connectivity index (χ2v) is 5.59. The van der Waals surface area contributed by atoms with Gasteiger partial charge in [0, 0.05) is 29.3 Å². The number of ketones is 2. The van der Waals surface area contributed by atoms with Crippen LogP contribution in [0.5, 0.6) is 0 Å². The van der Waals surface area contributed by atoms with Crippen molar-refractivity contribution in [1.82, 2.24) is 10.2 Å². The third kappa shape index (κ3) is 2.65. The molecule has 106 valence electrons. The summed E-state index contributed by atoms with van der Waals surface area (Å²) < 4.78 is 0. The summed E-state index contributed by atoms with van der Waals surface area (Å²) in [6.45, 7) is 4.49. The van der Waals surface area contributed by atoms with E-state index in [1.165, 1.54) is 0 Å². The largest absolute Gasteiger partial charge is 0.382 e. The molecular weight excluding hydrogens is 252 g/mol. The number of carbonyl (C=O) groups excluding carboxylic acids is 2. The standard InChI is InChI=1S/C16H20N2O2/c1-10(2)17-14-11-7-5-6-8-12(11)15(19)16(20)13(14)9-18(3)4/h5-8,10,17H,9H2,1-4H3. The van der Waals surface area contributed by atoms with Gasteiger partial charge in [0.25, 0.3) is 0 Å². The Labute approximate surface area is 119 Å². The molecule has 0 saturated carbocycles. The number of likely N-dealkylation sites (N-methyl/N-ethyl adjacent to an activating group) is 1. The van der Waals surface area contributed by atoms with Gasteiger partial charge in [-0.15, -0.1) is 0 Å². The van der Waals surface area contributed by atoms with E-state index in [-0.39, 0.29) is 6.04 Å². The first-order valence-corrected chi connectivity index (χ1v) is 6.74. The van der Waals surface area contributed by atoms with Crippen LogP contribution < -0.4 is 5.32 Å². The van der Waals surface area contributed by atoms with Crippen molar-refractivity contribution in [2.75, 3.05) is 20.6 Å². The molecule has 0 unspecified atom stereocenters. The van der Waals surface area contributed by atoms with E-state index in [0.29, 0.717) is 17.7 Å². The molecule has 20 heavy (non-hydrogen) atoms. The summed E-state index contributed by atoms with van der Waals surface area (Å²) in [4.78, 5) is 26.5. The molecule has 0 fully saturated rings. The quantitative estimate of drug-likeness (QED) is 0.848. The third-order valence-corrected chi connectivity index (χ3v) is 3.13. The molecule has 1 aromatic carbocycles. The topological polar surface area (TPSA) is 49.4 Å². The van der Waals surface area contributed by atoms with Crippen LogP contribution in [0.25, 0.3) is 5.70 Å². The van der Waals surface area contributed by atoms with E-state index >= 15 is 0 Å². The Hall–Kier alpha value is -1.94. The SMILES string of the molecule is CC(C)NC1=C(CN(C)C)C(=O)C(=O)c2ccccc21. The lowest BCUT2D eigenvalue weighted by Gasteiger charge is -2.26. The van der Waals surface area contributed by atoms with Crippen LogP contribution in [-0.4, -0.2) is 43.1 Å². The molecule has 0 aromatic heterocycles. The van der Waals surface area contributed by atoms with Crippen LogP contribution >= 0.6 is 0 Å². The second kappa shape index (κ2) is 5.59. The molecular formula is C16H20N2O2. The van der Waals surface area contributed by atoms with Gasteiger partial charge < -0.3 is 10.2 Å². The highest BCUT2D eigenvalue weighted by Gasteiger charge is 2.32. The Bertz CT molecular complexity index is 586. The number of fused-ring (bicyclic) bond motifs is 1. The zero-order valence-electron chi connectivity index (χ0n) is 12.4. The molecule has 1 N–H and O–H groups in total. The van der Waals surface area contributed by atoms with Crippen molar-refractivity contribution in [3.8, 4) is 0 Å². The number of Topliss-reactive ketones (excluding diaryl/α,β-unsaturated/α-hetero) is 2. The molecule has 1 aliphatic rings. The molecule has 0 heterocycles. The predicted molar refractivity (Wildman–Crippen MR) is 79.5 cm³/mol. The van der Waals surface area contributed by atoms with E-state index in [9.17, 15) is 9.59 Å². The van der Waals surface area contributed by atoms with Crippen LogP contribution in [-0.2, 0) is 4.79 Å². The highest BCUT2D eigenvalue weighted by molar-refractivity contribution is 6.52. The average molecular weight is 272 g/mol. The van der Waals surface area contributed by atoms with Crippen molar-refractivity contribution in [1.29, 1.82) is 0 Å². The summed E-state index contributed by atoms with van der Waals surface area (Å²) in [5.41, 5.74) is 2.65. The van der Waals surface area contributed by atoms with Gasteiger partial charge in [0.15, 0.2) is 0 Å². The Balaban J connectivity index is 2.62. The molecule has 0 aliphatic heterocycles. The smallest absolute Gasteiger partial charge is 0.233 e. The minimum atomic E-state index is -0.410. The molecule has 4 heteroatoms. The lowest BCUT2D eigenvalue weighted by Crippen LogP contribution is -2.35. The monoisotopic (exact) mass is 272 g/mol. The van der Waals surface area contributed by atoms with Gasteiger partial charge in [0.05, 0.1) is 5.70 Å². The van der Waals surface area contributed by atoms with E-state index in [2.05, 4.69) is 5.32 Å². The normalized spacial score (nSPS) is 15.1. The summed E-state index contributed by atoms with van der Waals surface area (Å²) in [5.74, 6) is -0.813. The number of rotatable bonds is 4. The molecule has 2 rings (SSSR count). The Kier molecular flexibility index (Phi) is 4.04. The zero-order valence-corrected chi connectivity index (χ0v) is 12.4. The molecule has 0 bridgehead atoms. The summed E-state index contributed by atoms with van der Waals surface area (Å²) >= 11 is 0. The molecule has 0 spiro atoms. The van der Waals surface area contributed by atoms with Crippen molar-refractivity contribution in [2.24, 2.45) is 0 Å². The van der Waals surface area contributed by atoms with Crippen LogP contribution in [0.1, 0.15) is 29.8 Å². The fourth-order valence-electron chi connectivity index (χ4n) is 2.36. The number of nitrogens with zero attached hydrogens (tertiary/aromatic N) is 1. The molecule has 0 radical (unpaired) electrons.